The van der Waals surface area contributed by atoms with Crippen molar-refractivity contribution in [2.45, 2.75) is 25.6 Å². The number of methoxy groups -OCH3 is 1. The summed E-state index contributed by atoms with van der Waals surface area (Å²) in [7, 11) is 1.64. The van der Waals surface area contributed by atoms with E-state index in [-0.39, 0.29) is 12.1 Å². The number of ether oxygens (including phenoxy) is 3. The SMILES string of the molecule is COCCOCc1cccc(NC(=O)NC[C@@H]2CCCO2)c1. The Kier molecular flexibility index (Phi) is 7.15. The number of carbonyl (C=O) groups is 1. The van der Waals surface area contributed by atoms with Gasteiger partial charge in [-0.25, -0.2) is 4.79 Å². The number of urea groups is 1. The van der Waals surface area contributed by atoms with E-state index in [2.05, 4.69) is 10.6 Å². The number of nitrogens with one attached hydrogen (secondary N) is 2. The fraction of sp³-hybridized carbons (Fsp3) is 0.562. The van der Waals surface area contributed by atoms with Crippen molar-refractivity contribution in [3.05, 3.63) is 29.8 Å². The predicted molar refractivity (Wildman–Crippen MR) is 84.0 cm³/mol. The fourth-order valence-electron chi connectivity index (χ4n) is 2.26. The molecule has 1 aromatic carbocycles. The quantitative estimate of drug-likeness (QED) is 0.722. The molecule has 2 amide bonds. The number of amides is 2. The summed E-state index contributed by atoms with van der Waals surface area (Å²) >= 11 is 0. The maximum absolute atomic E-state index is 11.9. The van der Waals surface area contributed by atoms with Gasteiger partial charge in [0, 0.05) is 25.9 Å². The van der Waals surface area contributed by atoms with Gasteiger partial charge in [-0.1, -0.05) is 12.1 Å². The minimum atomic E-state index is -0.215. The van der Waals surface area contributed by atoms with Crippen molar-refractivity contribution in [3.8, 4) is 0 Å². The van der Waals surface area contributed by atoms with Gasteiger partial charge in [0.15, 0.2) is 0 Å². The first-order chi connectivity index (χ1) is 10.8. The lowest BCUT2D eigenvalue weighted by molar-refractivity contribution is 0.0617. The second-order valence-corrected chi connectivity index (χ2v) is 5.22. The second-order valence-electron chi connectivity index (χ2n) is 5.22. The Morgan fingerprint density at radius 1 is 1.41 bits per heavy atom. The smallest absolute Gasteiger partial charge is 0.319 e. The number of anilines is 1. The molecule has 0 bridgehead atoms. The maximum Gasteiger partial charge on any atom is 0.319 e. The Hall–Kier alpha value is -1.63. The zero-order valence-electron chi connectivity index (χ0n) is 13.0. The van der Waals surface area contributed by atoms with Crippen molar-refractivity contribution in [1.29, 1.82) is 0 Å². The number of rotatable bonds is 8. The summed E-state index contributed by atoms with van der Waals surface area (Å²) < 4.78 is 15.9. The minimum Gasteiger partial charge on any atom is -0.382 e. The molecule has 0 aliphatic carbocycles. The van der Waals surface area contributed by atoms with Crippen LogP contribution in [-0.4, -0.2) is 45.6 Å². The molecule has 0 aromatic heterocycles. The van der Waals surface area contributed by atoms with Gasteiger partial charge in [0.05, 0.1) is 25.9 Å². The molecule has 1 aromatic rings. The summed E-state index contributed by atoms with van der Waals surface area (Å²) in [6.07, 6.45) is 2.22. The molecule has 6 nitrogen and oxygen atoms in total. The van der Waals surface area contributed by atoms with E-state index >= 15 is 0 Å². The molecule has 1 saturated heterocycles. The van der Waals surface area contributed by atoms with Crippen LogP contribution in [0.2, 0.25) is 0 Å². The van der Waals surface area contributed by atoms with Gasteiger partial charge < -0.3 is 24.8 Å². The van der Waals surface area contributed by atoms with Crippen molar-refractivity contribution in [3.63, 3.8) is 0 Å². The number of benzene rings is 1. The van der Waals surface area contributed by atoms with Crippen molar-refractivity contribution in [1.82, 2.24) is 5.32 Å². The summed E-state index contributed by atoms with van der Waals surface area (Å²) in [6.45, 7) is 2.96. The monoisotopic (exact) mass is 308 g/mol. The number of carbonyl (C=O) groups excluding carboxylic acids is 1. The molecule has 1 fully saturated rings. The van der Waals surface area contributed by atoms with Crippen LogP contribution in [0.4, 0.5) is 10.5 Å². The average Bonchev–Trinajstić information content (AvgIpc) is 3.03. The van der Waals surface area contributed by atoms with Crippen molar-refractivity contribution in [2.75, 3.05) is 38.8 Å². The van der Waals surface area contributed by atoms with Crippen molar-refractivity contribution >= 4 is 11.7 Å². The van der Waals surface area contributed by atoms with Crippen LogP contribution in [0.15, 0.2) is 24.3 Å². The van der Waals surface area contributed by atoms with Crippen LogP contribution in [-0.2, 0) is 20.8 Å². The molecular formula is C16H24N2O4. The first-order valence-electron chi connectivity index (χ1n) is 7.60. The van der Waals surface area contributed by atoms with Gasteiger partial charge in [-0.15, -0.1) is 0 Å². The van der Waals surface area contributed by atoms with Gasteiger partial charge in [0.25, 0.3) is 0 Å². The van der Waals surface area contributed by atoms with E-state index in [1.165, 1.54) is 0 Å². The van der Waals surface area contributed by atoms with Gasteiger partial charge in [-0.3, -0.25) is 0 Å². The van der Waals surface area contributed by atoms with E-state index in [0.29, 0.717) is 26.4 Å². The zero-order chi connectivity index (χ0) is 15.6. The zero-order valence-corrected chi connectivity index (χ0v) is 13.0. The van der Waals surface area contributed by atoms with Crippen LogP contribution >= 0.6 is 0 Å². The van der Waals surface area contributed by atoms with Crippen molar-refractivity contribution in [2.24, 2.45) is 0 Å². The molecule has 2 rings (SSSR count). The third-order valence-corrected chi connectivity index (χ3v) is 3.40. The Morgan fingerprint density at radius 3 is 3.09 bits per heavy atom. The maximum atomic E-state index is 11.9. The summed E-state index contributed by atoms with van der Waals surface area (Å²) in [4.78, 5) is 11.9. The molecular weight excluding hydrogens is 284 g/mol. The molecule has 0 spiro atoms. The summed E-state index contributed by atoms with van der Waals surface area (Å²) in [5.74, 6) is 0. The molecule has 1 aliphatic heterocycles. The van der Waals surface area contributed by atoms with Crippen LogP contribution in [0.1, 0.15) is 18.4 Å². The van der Waals surface area contributed by atoms with Gasteiger partial charge in [0.2, 0.25) is 0 Å². The summed E-state index contributed by atoms with van der Waals surface area (Å²) in [6, 6.07) is 7.39. The summed E-state index contributed by atoms with van der Waals surface area (Å²) in [5, 5.41) is 5.65. The minimum absolute atomic E-state index is 0.145. The predicted octanol–water partition coefficient (Wildman–Crippen LogP) is 2.15. The first-order valence-corrected chi connectivity index (χ1v) is 7.60. The Morgan fingerprint density at radius 2 is 2.32 bits per heavy atom. The number of hydrogen-bond donors (Lipinski definition) is 2. The van der Waals surface area contributed by atoms with E-state index in [0.717, 1.165) is 30.7 Å². The molecule has 2 N–H and O–H groups in total. The Bertz CT molecular complexity index is 461. The van der Waals surface area contributed by atoms with E-state index in [9.17, 15) is 4.79 Å². The lowest BCUT2D eigenvalue weighted by atomic mass is 10.2. The topological polar surface area (TPSA) is 68.8 Å². The Labute approximate surface area is 131 Å². The van der Waals surface area contributed by atoms with Gasteiger partial charge in [-0.05, 0) is 30.5 Å². The standard InChI is InChI=1S/C16H24N2O4/c1-20-8-9-21-12-13-4-2-5-14(10-13)18-16(19)17-11-15-6-3-7-22-15/h2,4-5,10,15H,3,6-9,11-12H2,1H3,(H2,17,18,19)/t15-/m0/s1. The van der Waals surface area contributed by atoms with Crippen LogP contribution in [0.25, 0.3) is 0 Å². The molecule has 1 aliphatic rings. The molecule has 0 radical (unpaired) electrons. The van der Waals surface area contributed by atoms with Crippen LogP contribution in [0.3, 0.4) is 0 Å². The lowest BCUT2D eigenvalue weighted by Crippen LogP contribution is -2.35. The second kappa shape index (κ2) is 9.40. The van der Waals surface area contributed by atoms with Gasteiger partial charge in [0.1, 0.15) is 0 Å². The third-order valence-electron chi connectivity index (χ3n) is 3.40. The van der Waals surface area contributed by atoms with Gasteiger partial charge in [-0.2, -0.15) is 0 Å². The average molecular weight is 308 g/mol. The third kappa shape index (κ3) is 6.01. The van der Waals surface area contributed by atoms with Gasteiger partial charge >= 0.3 is 6.03 Å². The van der Waals surface area contributed by atoms with Crippen LogP contribution in [0, 0.1) is 0 Å². The molecule has 1 heterocycles. The van der Waals surface area contributed by atoms with E-state index in [4.69, 9.17) is 14.2 Å². The summed E-state index contributed by atoms with van der Waals surface area (Å²) in [5.41, 5.74) is 1.76. The fourth-order valence-corrected chi connectivity index (χ4v) is 2.26. The molecule has 1 atom stereocenters. The highest BCUT2D eigenvalue weighted by Gasteiger charge is 2.16. The van der Waals surface area contributed by atoms with E-state index < -0.39 is 0 Å². The normalized spacial score (nSPS) is 17.4. The molecule has 6 heteroatoms. The van der Waals surface area contributed by atoms with Crippen molar-refractivity contribution < 1.29 is 19.0 Å². The van der Waals surface area contributed by atoms with Crippen LogP contribution in [0.5, 0.6) is 0 Å². The molecule has 0 saturated carbocycles. The van der Waals surface area contributed by atoms with Crippen LogP contribution < -0.4 is 10.6 Å². The highest BCUT2D eigenvalue weighted by molar-refractivity contribution is 5.89. The Balaban J connectivity index is 1.72. The number of hydrogen-bond acceptors (Lipinski definition) is 4. The highest BCUT2D eigenvalue weighted by Crippen LogP contribution is 2.12. The molecule has 0 unspecified atom stereocenters. The largest absolute Gasteiger partial charge is 0.382 e. The van der Waals surface area contributed by atoms with E-state index in [1.807, 2.05) is 24.3 Å². The first kappa shape index (κ1) is 16.7. The lowest BCUT2D eigenvalue weighted by Gasteiger charge is -2.12. The molecule has 122 valence electrons. The van der Waals surface area contributed by atoms with E-state index in [1.54, 1.807) is 7.11 Å². The highest BCUT2D eigenvalue weighted by atomic mass is 16.5. The molecule has 22 heavy (non-hydrogen) atoms.